The minimum absolute atomic E-state index is 0.0821. The molecule has 0 saturated carbocycles. The number of methoxy groups -OCH3 is 1. The summed E-state index contributed by atoms with van der Waals surface area (Å²) < 4.78 is 6.77. The second-order valence-electron chi connectivity index (χ2n) is 6.23. The molecule has 2 heterocycles. The molecule has 9 heteroatoms. The highest BCUT2D eigenvalue weighted by Gasteiger charge is 2.11. The molecule has 0 bridgehead atoms. The van der Waals surface area contributed by atoms with Gasteiger partial charge in [0, 0.05) is 28.7 Å². The van der Waals surface area contributed by atoms with Gasteiger partial charge in [-0.1, -0.05) is 0 Å². The molecule has 0 fully saturated rings. The van der Waals surface area contributed by atoms with Crippen LogP contribution in [0.5, 0.6) is 0 Å². The van der Waals surface area contributed by atoms with E-state index in [1.54, 1.807) is 18.3 Å². The number of nitrogens with zero attached hydrogens (tertiary/aromatic N) is 4. The largest absolute Gasteiger partial charge is 0.465 e. The highest BCUT2D eigenvalue weighted by Crippen LogP contribution is 2.20. The molecule has 0 aliphatic carbocycles. The number of nitro groups is 1. The van der Waals surface area contributed by atoms with Crippen LogP contribution in [-0.2, 0) is 4.74 Å². The number of hydrogen-bond acceptors (Lipinski definition) is 7. The van der Waals surface area contributed by atoms with Crippen LogP contribution in [0.25, 0.3) is 5.69 Å². The number of hydrogen-bond donors (Lipinski definition) is 1. The van der Waals surface area contributed by atoms with Crippen LogP contribution in [0.15, 0.2) is 53.8 Å². The molecule has 9 nitrogen and oxygen atoms in total. The Hall–Kier alpha value is -4.01. The maximum absolute atomic E-state index is 11.6. The van der Waals surface area contributed by atoms with Gasteiger partial charge in [0.2, 0.25) is 0 Å². The first-order valence-electron chi connectivity index (χ1n) is 8.68. The zero-order chi connectivity index (χ0) is 21.0. The molecule has 0 aliphatic heterocycles. The third-order valence-corrected chi connectivity index (χ3v) is 4.36. The number of rotatable bonds is 6. The van der Waals surface area contributed by atoms with Crippen LogP contribution >= 0.6 is 0 Å². The fourth-order valence-electron chi connectivity index (χ4n) is 2.91. The van der Waals surface area contributed by atoms with E-state index in [1.165, 1.54) is 25.4 Å². The Kier molecular flexibility index (Phi) is 5.68. The molecule has 3 aromatic rings. The van der Waals surface area contributed by atoms with Crippen LogP contribution in [0.3, 0.4) is 0 Å². The van der Waals surface area contributed by atoms with E-state index in [1.807, 2.05) is 36.6 Å². The molecule has 0 radical (unpaired) electrons. The first-order chi connectivity index (χ1) is 13.9. The Morgan fingerprint density at radius 1 is 1.24 bits per heavy atom. The average Bonchev–Trinajstić information content (AvgIpc) is 3.01. The molecule has 0 amide bonds. The monoisotopic (exact) mass is 393 g/mol. The number of benzene rings is 1. The van der Waals surface area contributed by atoms with E-state index in [2.05, 4.69) is 15.5 Å². The van der Waals surface area contributed by atoms with Crippen LogP contribution < -0.4 is 5.43 Å². The van der Waals surface area contributed by atoms with Gasteiger partial charge in [0.1, 0.15) is 12.0 Å². The molecule has 0 unspecified atom stereocenters. The lowest BCUT2D eigenvalue weighted by Gasteiger charge is -2.10. The van der Waals surface area contributed by atoms with Crippen molar-refractivity contribution in [2.75, 3.05) is 12.5 Å². The molecule has 0 aliphatic rings. The molecule has 3 rings (SSSR count). The van der Waals surface area contributed by atoms with Gasteiger partial charge in [-0.25, -0.2) is 9.78 Å². The average molecular weight is 393 g/mol. The fourth-order valence-corrected chi connectivity index (χ4v) is 2.91. The molecule has 1 aromatic carbocycles. The van der Waals surface area contributed by atoms with Crippen molar-refractivity contribution in [3.05, 3.63) is 81.3 Å². The summed E-state index contributed by atoms with van der Waals surface area (Å²) >= 11 is 0. The van der Waals surface area contributed by atoms with Gasteiger partial charge in [-0.2, -0.15) is 5.10 Å². The maximum Gasteiger partial charge on any atom is 0.337 e. The zero-order valence-corrected chi connectivity index (χ0v) is 16.1. The minimum Gasteiger partial charge on any atom is -0.465 e. The highest BCUT2D eigenvalue weighted by atomic mass is 16.6. The number of carbonyl (C=O) groups excluding carboxylic acids is 1. The number of ether oxygens (including phenoxy) is 1. The van der Waals surface area contributed by atoms with Crippen LogP contribution in [0.2, 0.25) is 0 Å². The van der Waals surface area contributed by atoms with Gasteiger partial charge in [-0.3, -0.25) is 15.5 Å². The van der Waals surface area contributed by atoms with Crippen LogP contribution in [0.4, 0.5) is 11.5 Å². The van der Waals surface area contributed by atoms with E-state index in [0.717, 1.165) is 22.6 Å². The minimum atomic E-state index is -0.507. The number of carbonyl (C=O) groups is 1. The van der Waals surface area contributed by atoms with Crippen LogP contribution in [0, 0.1) is 24.0 Å². The number of hydrazone groups is 1. The van der Waals surface area contributed by atoms with Crippen LogP contribution in [0.1, 0.15) is 27.3 Å². The molecule has 0 spiro atoms. The van der Waals surface area contributed by atoms with E-state index in [4.69, 9.17) is 4.74 Å². The van der Waals surface area contributed by atoms with Crippen molar-refractivity contribution in [3.63, 3.8) is 0 Å². The second-order valence-corrected chi connectivity index (χ2v) is 6.23. The number of esters is 1. The normalized spacial score (nSPS) is 10.9. The van der Waals surface area contributed by atoms with Gasteiger partial charge in [0.25, 0.3) is 5.69 Å². The van der Waals surface area contributed by atoms with Crippen molar-refractivity contribution >= 4 is 23.7 Å². The lowest BCUT2D eigenvalue weighted by Crippen LogP contribution is -2.03. The number of anilines is 1. The third kappa shape index (κ3) is 4.29. The van der Waals surface area contributed by atoms with E-state index in [-0.39, 0.29) is 11.7 Å². The summed E-state index contributed by atoms with van der Waals surface area (Å²) in [6.45, 7) is 3.94. The Morgan fingerprint density at radius 2 is 1.97 bits per heavy atom. The van der Waals surface area contributed by atoms with Crippen molar-refractivity contribution in [2.45, 2.75) is 13.8 Å². The molecular formula is C20H19N5O4. The summed E-state index contributed by atoms with van der Waals surface area (Å²) in [5.74, 6) is 0.0234. The predicted octanol–water partition coefficient (Wildman–Crippen LogP) is 3.63. The summed E-state index contributed by atoms with van der Waals surface area (Å²) in [5.41, 5.74) is 6.94. The summed E-state index contributed by atoms with van der Waals surface area (Å²) in [7, 11) is 1.35. The molecular weight excluding hydrogens is 374 g/mol. The third-order valence-electron chi connectivity index (χ3n) is 4.36. The number of aromatic nitrogens is 2. The highest BCUT2D eigenvalue weighted by molar-refractivity contribution is 5.89. The summed E-state index contributed by atoms with van der Waals surface area (Å²) in [4.78, 5) is 25.7. The maximum atomic E-state index is 11.6. The van der Waals surface area contributed by atoms with Gasteiger partial charge in [-0.15, -0.1) is 0 Å². The van der Waals surface area contributed by atoms with E-state index < -0.39 is 4.92 Å². The molecule has 0 atom stereocenters. The smallest absolute Gasteiger partial charge is 0.337 e. The van der Waals surface area contributed by atoms with Crippen molar-refractivity contribution in [1.29, 1.82) is 0 Å². The predicted molar refractivity (Wildman–Crippen MR) is 109 cm³/mol. The lowest BCUT2D eigenvalue weighted by atomic mass is 10.2. The Morgan fingerprint density at radius 3 is 2.55 bits per heavy atom. The van der Waals surface area contributed by atoms with Crippen molar-refractivity contribution in [2.24, 2.45) is 5.10 Å². The van der Waals surface area contributed by atoms with E-state index >= 15 is 0 Å². The van der Waals surface area contributed by atoms with Crippen molar-refractivity contribution < 1.29 is 14.5 Å². The molecule has 2 aromatic heterocycles. The zero-order valence-electron chi connectivity index (χ0n) is 16.1. The first-order valence-corrected chi connectivity index (χ1v) is 8.68. The molecule has 29 heavy (non-hydrogen) atoms. The van der Waals surface area contributed by atoms with Gasteiger partial charge >= 0.3 is 5.97 Å². The van der Waals surface area contributed by atoms with E-state index in [0.29, 0.717) is 11.4 Å². The Bertz CT molecular complexity index is 1070. The van der Waals surface area contributed by atoms with Gasteiger partial charge in [-0.05, 0) is 50.2 Å². The van der Waals surface area contributed by atoms with E-state index in [9.17, 15) is 14.9 Å². The van der Waals surface area contributed by atoms with Crippen molar-refractivity contribution in [3.8, 4) is 5.69 Å². The molecule has 148 valence electrons. The number of nitrogens with one attached hydrogen (secondary N) is 1. The summed E-state index contributed by atoms with van der Waals surface area (Å²) in [6.07, 6.45) is 2.83. The fraction of sp³-hybridized carbons (Fsp3) is 0.150. The van der Waals surface area contributed by atoms with Gasteiger partial charge in [0.05, 0.1) is 23.8 Å². The lowest BCUT2D eigenvalue weighted by molar-refractivity contribution is -0.385. The van der Waals surface area contributed by atoms with Crippen molar-refractivity contribution in [1.82, 2.24) is 9.55 Å². The Balaban J connectivity index is 1.77. The topological polar surface area (TPSA) is 112 Å². The SMILES string of the molecule is COC(=O)c1ccc(-n2c(C)cc(/C=N/Nc3ccc([N+](=O)[O-])cn3)c2C)cc1. The van der Waals surface area contributed by atoms with Gasteiger partial charge < -0.3 is 9.30 Å². The molecule has 1 N–H and O–H groups in total. The van der Waals surface area contributed by atoms with Gasteiger partial charge in [0.15, 0.2) is 0 Å². The Labute approximate surface area is 166 Å². The number of aryl methyl sites for hydroxylation is 1. The van der Waals surface area contributed by atoms with Crippen LogP contribution in [-0.4, -0.2) is 33.8 Å². The molecule has 0 saturated heterocycles. The quantitative estimate of drug-likeness (QED) is 0.296. The summed E-state index contributed by atoms with van der Waals surface area (Å²) in [5, 5.41) is 14.8. The summed E-state index contributed by atoms with van der Waals surface area (Å²) in [6, 6.07) is 12.0. The first kappa shape index (κ1) is 19.7. The number of pyridine rings is 1. The standard InChI is InChI=1S/C20H19N5O4/c1-13-10-16(11-22-23-19-9-8-18(12-21-19)25(27)28)14(2)24(13)17-6-4-15(5-7-17)20(26)29-3/h4-12H,1-3H3,(H,21,23)/b22-11+. The second kappa shape index (κ2) is 8.34.